The van der Waals surface area contributed by atoms with E-state index in [1.165, 1.54) is 6.07 Å². The molecule has 156 valence electrons. The van der Waals surface area contributed by atoms with Crippen LogP contribution in [0.4, 0.5) is 5.69 Å². The SMILES string of the molecule is CNC(=O)c1cccc(NC(=O)[C@@H]2CCCN2C2=NS(=O)(=O)c3ccccc32)c1C. The summed E-state index contributed by atoms with van der Waals surface area (Å²) in [4.78, 5) is 27.1. The minimum absolute atomic E-state index is 0.167. The minimum Gasteiger partial charge on any atom is -0.355 e. The first-order chi connectivity index (χ1) is 14.3. The summed E-state index contributed by atoms with van der Waals surface area (Å²) in [7, 11) is -2.20. The van der Waals surface area contributed by atoms with Gasteiger partial charge in [0.2, 0.25) is 5.91 Å². The molecule has 1 fully saturated rings. The molecule has 2 aliphatic rings. The van der Waals surface area contributed by atoms with E-state index < -0.39 is 16.1 Å². The number of rotatable bonds is 3. The average molecular weight is 426 g/mol. The largest absolute Gasteiger partial charge is 0.355 e. The number of benzene rings is 2. The maximum atomic E-state index is 13.1. The number of fused-ring (bicyclic) bond motifs is 1. The van der Waals surface area contributed by atoms with Gasteiger partial charge in [-0.3, -0.25) is 9.59 Å². The van der Waals surface area contributed by atoms with Crippen LogP contribution in [0.25, 0.3) is 0 Å². The Balaban J connectivity index is 1.61. The maximum absolute atomic E-state index is 13.1. The molecule has 2 amide bonds. The molecule has 2 aromatic carbocycles. The van der Waals surface area contributed by atoms with Crippen LogP contribution < -0.4 is 10.6 Å². The third-order valence-electron chi connectivity index (χ3n) is 5.50. The van der Waals surface area contributed by atoms with Crippen LogP contribution in [0.15, 0.2) is 51.8 Å². The molecule has 2 N–H and O–H groups in total. The summed E-state index contributed by atoms with van der Waals surface area (Å²) in [5, 5.41) is 5.49. The van der Waals surface area contributed by atoms with Gasteiger partial charge in [-0.2, -0.15) is 8.42 Å². The molecule has 0 radical (unpaired) electrons. The van der Waals surface area contributed by atoms with Crippen LogP contribution in [0.1, 0.15) is 34.3 Å². The fourth-order valence-electron chi connectivity index (χ4n) is 3.96. The number of carbonyl (C=O) groups excluding carboxylic acids is 2. The van der Waals surface area contributed by atoms with E-state index in [0.29, 0.717) is 41.2 Å². The van der Waals surface area contributed by atoms with Gasteiger partial charge >= 0.3 is 0 Å². The van der Waals surface area contributed by atoms with Crippen molar-refractivity contribution in [2.75, 3.05) is 18.9 Å². The lowest BCUT2D eigenvalue weighted by atomic mass is 10.1. The average Bonchev–Trinajstić information content (AvgIpc) is 3.32. The second-order valence-electron chi connectivity index (χ2n) is 7.28. The number of likely N-dealkylation sites (tertiary alicyclic amines) is 1. The number of anilines is 1. The van der Waals surface area contributed by atoms with E-state index in [4.69, 9.17) is 0 Å². The third-order valence-corrected chi connectivity index (χ3v) is 6.83. The summed E-state index contributed by atoms with van der Waals surface area (Å²) in [6.45, 7) is 2.31. The minimum atomic E-state index is -3.75. The van der Waals surface area contributed by atoms with E-state index in [9.17, 15) is 18.0 Å². The molecule has 2 aliphatic heterocycles. The van der Waals surface area contributed by atoms with E-state index in [0.717, 1.165) is 6.42 Å². The van der Waals surface area contributed by atoms with E-state index in [2.05, 4.69) is 15.0 Å². The molecule has 0 unspecified atom stereocenters. The van der Waals surface area contributed by atoms with Gasteiger partial charge in [0.1, 0.15) is 10.9 Å². The van der Waals surface area contributed by atoms with Gasteiger partial charge in [-0.25, -0.2) is 0 Å². The number of carbonyl (C=O) groups is 2. The van der Waals surface area contributed by atoms with Crippen molar-refractivity contribution in [3.05, 3.63) is 59.2 Å². The van der Waals surface area contributed by atoms with E-state index >= 15 is 0 Å². The molecule has 9 heteroatoms. The van der Waals surface area contributed by atoms with Gasteiger partial charge in [-0.05, 0) is 49.6 Å². The Morgan fingerprint density at radius 2 is 1.90 bits per heavy atom. The van der Waals surface area contributed by atoms with Crippen molar-refractivity contribution in [3.63, 3.8) is 0 Å². The van der Waals surface area contributed by atoms with Crippen molar-refractivity contribution in [1.29, 1.82) is 0 Å². The fraction of sp³-hybridized carbons (Fsp3) is 0.286. The van der Waals surface area contributed by atoms with Crippen molar-refractivity contribution in [2.45, 2.75) is 30.7 Å². The zero-order chi connectivity index (χ0) is 21.5. The summed E-state index contributed by atoms with van der Waals surface area (Å²) >= 11 is 0. The van der Waals surface area contributed by atoms with Crippen LogP contribution in [-0.4, -0.2) is 50.6 Å². The predicted molar refractivity (Wildman–Crippen MR) is 113 cm³/mol. The molecule has 0 bridgehead atoms. The molecule has 2 heterocycles. The molecule has 0 aliphatic carbocycles. The van der Waals surface area contributed by atoms with Crippen LogP contribution in [0.2, 0.25) is 0 Å². The Hall–Kier alpha value is -3.20. The maximum Gasteiger partial charge on any atom is 0.285 e. The van der Waals surface area contributed by atoms with Gasteiger partial charge in [0.05, 0.1) is 0 Å². The lowest BCUT2D eigenvalue weighted by Gasteiger charge is -2.26. The van der Waals surface area contributed by atoms with Crippen LogP contribution in [0.3, 0.4) is 0 Å². The van der Waals surface area contributed by atoms with E-state index in [1.807, 2.05) is 0 Å². The van der Waals surface area contributed by atoms with Crippen LogP contribution >= 0.6 is 0 Å². The second kappa shape index (κ2) is 7.56. The van der Waals surface area contributed by atoms with Crippen molar-refractivity contribution < 1.29 is 18.0 Å². The van der Waals surface area contributed by atoms with Gasteiger partial charge in [-0.15, -0.1) is 4.40 Å². The van der Waals surface area contributed by atoms with Crippen LogP contribution in [0, 0.1) is 6.92 Å². The number of amides is 2. The summed E-state index contributed by atoms with van der Waals surface area (Å²) in [6.07, 6.45) is 1.33. The van der Waals surface area contributed by atoms with E-state index in [-0.39, 0.29) is 16.7 Å². The highest BCUT2D eigenvalue weighted by Crippen LogP contribution is 2.31. The molecule has 0 spiro atoms. The molecule has 0 aromatic heterocycles. The number of hydrogen-bond donors (Lipinski definition) is 2. The Bertz CT molecular complexity index is 1170. The van der Waals surface area contributed by atoms with Crippen molar-refractivity contribution in [2.24, 2.45) is 4.40 Å². The normalized spacial score (nSPS) is 19.2. The molecule has 8 nitrogen and oxygen atoms in total. The number of sulfonamides is 1. The van der Waals surface area contributed by atoms with Gasteiger partial charge in [-0.1, -0.05) is 18.2 Å². The zero-order valence-electron chi connectivity index (χ0n) is 16.7. The summed E-state index contributed by atoms with van der Waals surface area (Å²) in [5.74, 6) is -0.165. The Morgan fingerprint density at radius 3 is 2.67 bits per heavy atom. The highest BCUT2D eigenvalue weighted by atomic mass is 32.2. The number of nitrogens with zero attached hydrogens (tertiary/aromatic N) is 2. The fourth-order valence-corrected chi connectivity index (χ4v) is 5.17. The molecule has 4 rings (SSSR count). The molecule has 1 atom stereocenters. The molecular weight excluding hydrogens is 404 g/mol. The van der Waals surface area contributed by atoms with Crippen molar-refractivity contribution in [3.8, 4) is 0 Å². The van der Waals surface area contributed by atoms with Crippen LogP contribution in [-0.2, 0) is 14.8 Å². The smallest absolute Gasteiger partial charge is 0.285 e. The quantitative estimate of drug-likeness (QED) is 0.780. The van der Waals surface area contributed by atoms with Crippen LogP contribution in [0.5, 0.6) is 0 Å². The summed E-state index contributed by atoms with van der Waals surface area (Å²) in [6, 6.07) is 11.3. The first kappa shape index (κ1) is 20.1. The summed E-state index contributed by atoms with van der Waals surface area (Å²) < 4.78 is 28.8. The number of hydrogen-bond acceptors (Lipinski definition) is 5. The molecule has 0 saturated carbocycles. The van der Waals surface area contributed by atoms with Gasteiger partial charge in [0, 0.05) is 30.4 Å². The topological polar surface area (TPSA) is 108 Å². The van der Waals surface area contributed by atoms with Gasteiger partial charge in [0.25, 0.3) is 15.9 Å². The van der Waals surface area contributed by atoms with E-state index in [1.54, 1.807) is 55.3 Å². The second-order valence-corrected chi connectivity index (χ2v) is 8.86. The molecular formula is C21H22N4O4S. The lowest BCUT2D eigenvalue weighted by Crippen LogP contribution is -2.43. The lowest BCUT2D eigenvalue weighted by molar-refractivity contribution is -0.119. The molecule has 30 heavy (non-hydrogen) atoms. The molecule has 1 saturated heterocycles. The summed E-state index contributed by atoms with van der Waals surface area (Å²) in [5.41, 5.74) is 2.23. The molecule has 2 aromatic rings. The first-order valence-electron chi connectivity index (χ1n) is 9.67. The third kappa shape index (κ3) is 3.35. The Kier molecular flexibility index (Phi) is 5.07. The Labute approximate surface area is 175 Å². The monoisotopic (exact) mass is 426 g/mol. The zero-order valence-corrected chi connectivity index (χ0v) is 17.5. The predicted octanol–water partition coefficient (Wildman–Crippen LogP) is 1.91. The standard InChI is InChI=1S/C21H22N4O4S/c1-13-14(20(26)22-2)8-5-9-16(13)23-21(27)17-10-6-12-25(17)19-15-7-3-4-11-18(15)30(28,29)24-19/h3-5,7-9,11,17H,6,10,12H2,1-2H3,(H,22,26)(H,23,27)/t17-/m0/s1. The number of nitrogens with one attached hydrogen (secondary N) is 2. The van der Waals surface area contributed by atoms with Crippen molar-refractivity contribution >= 4 is 33.4 Å². The van der Waals surface area contributed by atoms with Gasteiger partial charge in [0.15, 0.2) is 5.84 Å². The van der Waals surface area contributed by atoms with Gasteiger partial charge < -0.3 is 15.5 Å². The van der Waals surface area contributed by atoms with Crippen molar-refractivity contribution in [1.82, 2.24) is 10.2 Å². The number of amidine groups is 1. The first-order valence-corrected chi connectivity index (χ1v) is 11.1. The highest BCUT2D eigenvalue weighted by molar-refractivity contribution is 7.90. The highest BCUT2D eigenvalue weighted by Gasteiger charge is 2.39. The Morgan fingerprint density at radius 1 is 1.13 bits per heavy atom.